The lowest BCUT2D eigenvalue weighted by molar-refractivity contribution is -0.177. The molecule has 0 spiro atoms. The van der Waals surface area contributed by atoms with Crippen LogP contribution >= 0.6 is 0 Å². The molecule has 2 N–H and O–H groups in total. The van der Waals surface area contributed by atoms with Gasteiger partial charge in [0.15, 0.2) is 17.5 Å². The van der Waals surface area contributed by atoms with Gasteiger partial charge >= 0.3 is 6.18 Å². The average Bonchev–Trinajstić information content (AvgIpc) is 0.875. The van der Waals surface area contributed by atoms with Crippen LogP contribution in [-0.2, 0) is 34.5 Å². The summed E-state index contributed by atoms with van der Waals surface area (Å²) in [5, 5.41) is 0. The molecule has 0 aromatic carbocycles. The summed E-state index contributed by atoms with van der Waals surface area (Å²) in [4.78, 5) is 47.2. The Morgan fingerprint density at radius 3 is 1.45 bits per heavy atom. The van der Waals surface area contributed by atoms with Crippen LogP contribution in [0.5, 0.6) is 0 Å². The number of alkyl halides is 9. The Bertz CT molecular complexity index is 4680. The topological polar surface area (TPSA) is 273 Å². The summed E-state index contributed by atoms with van der Waals surface area (Å²) in [5.41, 5.74) is 2.35. The maximum absolute atomic E-state index is 13.5. The predicted molar refractivity (Wildman–Crippen MR) is 349 cm³/mol. The zero-order valence-corrected chi connectivity index (χ0v) is 56.1. The van der Waals surface area contributed by atoms with Crippen LogP contribution in [-0.4, -0.2) is 204 Å². The summed E-state index contributed by atoms with van der Waals surface area (Å²) in [6, 6.07) is 12.6. The molecular formula is C61H70F9N19O6S3. The fourth-order valence-corrected chi connectivity index (χ4v) is 14.6. The number of hydrogen-bond donors (Lipinski definition) is 2. The number of nitrogens with zero attached hydrogens (tertiary/aromatic N) is 17. The van der Waals surface area contributed by atoms with Crippen LogP contribution in [0.4, 0.5) is 57.0 Å². The molecule has 4 unspecified atom stereocenters. The molecule has 0 bridgehead atoms. The number of ether oxygens (including phenoxy) is 1. The van der Waals surface area contributed by atoms with Crippen LogP contribution in [0.1, 0.15) is 62.7 Å². The summed E-state index contributed by atoms with van der Waals surface area (Å²) in [7, 11) is -9.27. The minimum atomic E-state index is -4.53. The van der Waals surface area contributed by atoms with E-state index >= 15 is 0 Å². The van der Waals surface area contributed by atoms with Crippen LogP contribution in [0.25, 0.3) is 51.5 Å². The number of rotatable bonds is 16. The molecule has 4 aliphatic heterocycles. The van der Waals surface area contributed by atoms with E-state index in [0.717, 1.165) is 37.8 Å². The number of nitrogens with one attached hydrogen (secondary N) is 2. The first-order valence-electron chi connectivity index (χ1n) is 30.8. The minimum Gasteiger partial charge on any atom is -0.378 e. The van der Waals surface area contributed by atoms with Crippen molar-refractivity contribution in [3.8, 4) is 34.6 Å². The molecule has 0 radical (unpaired) electrons. The van der Waals surface area contributed by atoms with Crippen molar-refractivity contribution < 1.29 is 65.3 Å². The molecule has 13 heterocycles. The number of aromatic nitrogens is 12. The van der Waals surface area contributed by atoms with E-state index in [1.54, 1.807) is 64.3 Å². The molecule has 37 heteroatoms. The van der Waals surface area contributed by atoms with Gasteiger partial charge in [0.05, 0.1) is 62.3 Å². The lowest BCUT2D eigenvalue weighted by atomic mass is 9.94. The van der Waals surface area contributed by atoms with Gasteiger partial charge in [0, 0.05) is 140 Å². The number of piperidine rings is 2. The van der Waals surface area contributed by atoms with Crippen molar-refractivity contribution in [3.05, 3.63) is 127 Å². The van der Waals surface area contributed by atoms with Crippen molar-refractivity contribution in [2.75, 3.05) is 98.7 Å². The lowest BCUT2D eigenvalue weighted by Crippen LogP contribution is -2.67. The Kier molecular flexibility index (Phi) is 21.0. The van der Waals surface area contributed by atoms with Crippen molar-refractivity contribution >= 4 is 64.2 Å². The van der Waals surface area contributed by atoms with Gasteiger partial charge in [-0.2, -0.15) is 13.2 Å². The van der Waals surface area contributed by atoms with Crippen molar-refractivity contribution in [2.24, 2.45) is 16.2 Å². The van der Waals surface area contributed by atoms with E-state index in [0.29, 0.717) is 78.0 Å². The summed E-state index contributed by atoms with van der Waals surface area (Å²) in [6.45, 7) is 8.13. The Morgan fingerprint density at radius 2 is 1.03 bits per heavy atom. The molecule has 98 heavy (non-hydrogen) atoms. The first kappa shape index (κ1) is 71.1. The second-order valence-electron chi connectivity index (χ2n) is 24.8. The first-order chi connectivity index (χ1) is 46.3. The predicted octanol–water partition coefficient (Wildman–Crippen LogP) is 8.26. The average molecular weight is 1430 g/mol. The summed E-state index contributed by atoms with van der Waals surface area (Å²) >= 11 is 0. The maximum Gasteiger partial charge on any atom is 0.393 e. The summed E-state index contributed by atoms with van der Waals surface area (Å²) in [6.07, 6.45) is 6.52. The highest BCUT2D eigenvalue weighted by Gasteiger charge is 2.46. The maximum atomic E-state index is 13.5. The first-order valence-corrected chi connectivity index (χ1v) is 36.9. The van der Waals surface area contributed by atoms with Crippen LogP contribution in [0.15, 0.2) is 115 Å². The lowest BCUT2D eigenvalue weighted by Gasteiger charge is -2.51. The number of sulfonamides is 2. The molecule has 4 fully saturated rings. The Hall–Kier alpha value is -8.23. The molecule has 9 aromatic heterocycles. The van der Waals surface area contributed by atoms with E-state index in [2.05, 4.69) is 75.3 Å². The molecular weight excluding hydrogens is 1360 g/mol. The zero-order chi connectivity index (χ0) is 70.2. The van der Waals surface area contributed by atoms with Crippen molar-refractivity contribution in [3.63, 3.8) is 0 Å². The molecule has 6 atom stereocenters. The molecule has 13 rings (SSSR count). The quantitative estimate of drug-likeness (QED) is 0.0861. The number of fused-ring (bicyclic) bond motifs is 3. The van der Waals surface area contributed by atoms with Gasteiger partial charge in [-0.05, 0) is 80.3 Å². The smallest absolute Gasteiger partial charge is 0.378 e. The highest BCUT2D eigenvalue weighted by atomic mass is 32.2. The number of anilines is 3. The van der Waals surface area contributed by atoms with Crippen molar-refractivity contribution in [2.45, 2.75) is 82.4 Å². The normalized spacial score (nSPS) is 20.8. The number of piperazine rings is 1. The minimum absolute atomic E-state index is 0.0286. The van der Waals surface area contributed by atoms with Gasteiger partial charge in [0.2, 0.25) is 20.0 Å². The number of imidazole rings is 3. The SMILES string of the molecule is CC1C(CNS(C)(=O)=O)N(C2COC2)CCN1c1ccnc(-c2cnc3ccc(C(F)F)cn23)n1.CS(=O)(=O)NC1CC(C(F)(F)F)CN(c2ccnc(-c3cnc4ccc(C(F)F)cn34)n2)C1.C[C@@H]1C[C@@H](N=S(C)(C)=O)CN(c2ccnc(-c3cnc4ccc(C(F)F)cn34)n2)C1. The van der Waals surface area contributed by atoms with E-state index in [1.165, 1.54) is 70.6 Å². The third-order valence-electron chi connectivity index (χ3n) is 16.9. The number of halogens is 9. The molecule has 0 amide bonds. The van der Waals surface area contributed by atoms with Crippen LogP contribution in [0, 0.1) is 11.8 Å². The van der Waals surface area contributed by atoms with Gasteiger partial charge in [-0.15, -0.1) is 0 Å². The molecule has 0 aliphatic carbocycles. The molecule has 0 saturated carbocycles. The standard InChI is InChI=1S/C22H27F2N7O3S.C20H24F2N6OS.C19H19F5N6O2S/c1-14-17(10-27-35(2,32)33)30(16-12-34-13-16)8-7-29(14)20-5-6-25-22(28-20)18-9-26-19-4-3-15(21(23)24)11-31(18)19;1-13-8-15(26-30(2,3)29)12-27(10-13)18-6-7-23-20(25-18)16-9-24-17-5-4-14(19(21)22)11-28(16)17;1-33(31,32)28-13-6-12(19(22,23)24)9-29(10-13)16-4-5-25-18(27-16)14-7-26-15-3-2-11(17(20)21)8-30(14)15/h3-6,9,11,14,16-17,21,27H,7-8,10,12-13H2,1-2H3;4-7,9,11,13,15,19H,8,10,12H2,1-3H3;2-5,7-8,12-13,17,28H,6,9-10H2,1H3/t;13-,15-;/m.1./s1. The number of pyridine rings is 3. The Balaban J connectivity index is 0.000000149. The van der Waals surface area contributed by atoms with Crippen LogP contribution in [0.2, 0.25) is 0 Å². The van der Waals surface area contributed by atoms with Crippen molar-refractivity contribution in [1.82, 2.24) is 72.4 Å². The summed E-state index contributed by atoms with van der Waals surface area (Å²) < 4.78 is 198. The van der Waals surface area contributed by atoms with E-state index in [1.807, 2.05) is 13.0 Å². The highest BCUT2D eigenvalue weighted by Crippen LogP contribution is 2.37. The fourth-order valence-electron chi connectivity index (χ4n) is 12.5. The van der Waals surface area contributed by atoms with Gasteiger partial charge < -0.3 is 19.4 Å². The van der Waals surface area contributed by atoms with E-state index in [4.69, 9.17) is 9.72 Å². The molecule has 25 nitrogen and oxygen atoms in total. The van der Waals surface area contributed by atoms with Gasteiger partial charge in [0.25, 0.3) is 19.3 Å². The monoisotopic (exact) mass is 1430 g/mol. The zero-order valence-electron chi connectivity index (χ0n) is 53.6. The molecule has 4 aliphatic rings. The number of hydrogen-bond acceptors (Lipinski definition) is 20. The third-order valence-corrected chi connectivity index (χ3v) is 19.2. The van der Waals surface area contributed by atoms with Gasteiger partial charge in [-0.25, -0.2) is 102 Å². The molecule has 4 saturated heterocycles. The van der Waals surface area contributed by atoms with Crippen molar-refractivity contribution in [1.29, 1.82) is 0 Å². The second kappa shape index (κ2) is 28.9. The summed E-state index contributed by atoms with van der Waals surface area (Å²) in [5.74, 6) is 1.01. The molecule has 9 aromatic rings. The second-order valence-corrected chi connectivity index (χ2v) is 31.0. The van der Waals surface area contributed by atoms with E-state index in [-0.39, 0.29) is 71.3 Å². The van der Waals surface area contributed by atoms with Crippen LogP contribution < -0.4 is 24.1 Å². The third kappa shape index (κ3) is 17.1. The van der Waals surface area contributed by atoms with E-state index < -0.39 is 80.2 Å². The Morgan fingerprint density at radius 1 is 0.571 bits per heavy atom. The largest absolute Gasteiger partial charge is 0.393 e. The van der Waals surface area contributed by atoms with Gasteiger partial charge in [0.1, 0.15) is 51.5 Å². The molecule has 526 valence electrons. The fraction of sp³-hybridized carbons (Fsp3) is 0.459. The van der Waals surface area contributed by atoms with Gasteiger partial charge in [-0.3, -0.25) is 22.3 Å². The van der Waals surface area contributed by atoms with Gasteiger partial charge in [-0.1, -0.05) is 6.92 Å². The van der Waals surface area contributed by atoms with E-state index in [9.17, 15) is 60.6 Å². The van der Waals surface area contributed by atoms with Crippen LogP contribution in [0.3, 0.4) is 0 Å². The highest BCUT2D eigenvalue weighted by molar-refractivity contribution is 7.92. The Labute approximate surface area is 558 Å².